The van der Waals surface area contributed by atoms with Crippen LogP contribution in [0.1, 0.15) is 183 Å². The number of carbonyl (C=O) groups excluding carboxylic acids is 2. The molecule has 0 amide bonds. The Morgan fingerprint density at radius 1 is 0.383 bits per heavy atom. The minimum Gasteiger partial charge on any atom is -0.378 e. The number of allylic oxidation sites excluding steroid dienone is 2. The lowest BCUT2D eigenvalue weighted by molar-refractivity contribution is -0.109. The zero-order chi connectivity index (χ0) is 61.4. The maximum absolute atomic E-state index is 14.0. The summed E-state index contributed by atoms with van der Waals surface area (Å²) in [6.45, 7) is 42.8. The number of ketones is 2. The number of alkyl halides is 6. The molecule has 2 aliphatic carbocycles. The average Bonchev–Trinajstić information content (AvgIpc) is 3.36. The molecule has 2 N–H and O–H groups in total. The zero-order valence-electron chi connectivity index (χ0n) is 51.0. The Kier molecular flexibility index (Phi) is 18.6. The van der Waals surface area contributed by atoms with Crippen LogP contribution in [0.3, 0.4) is 0 Å². The van der Waals surface area contributed by atoms with Crippen molar-refractivity contribution in [2.75, 3.05) is 16.0 Å². The van der Waals surface area contributed by atoms with Crippen LogP contribution in [0.2, 0.25) is 0 Å². The largest absolute Gasteiger partial charge is 0.378 e. The van der Waals surface area contributed by atoms with E-state index in [1.54, 1.807) is 0 Å². The van der Waals surface area contributed by atoms with E-state index in [1.807, 2.05) is 64.1 Å². The molecule has 0 fully saturated rings. The molecule has 0 radical (unpaired) electrons. The Hall–Kier alpha value is -3.96. The number of rotatable bonds is 0. The molecular formula is C67H82Cl6N4O4. The second-order valence-corrected chi connectivity index (χ2v) is 30.3. The molecule has 0 bridgehead atoms. The maximum Gasteiger partial charge on any atom is 0.229 e. The fraction of sp³-hybridized carbons (Fsp3) is 0.493. The van der Waals surface area contributed by atoms with Gasteiger partial charge in [-0.05, 0) is 114 Å². The third-order valence-electron chi connectivity index (χ3n) is 17.1. The molecule has 10 rings (SSSR count). The van der Waals surface area contributed by atoms with E-state index in [4.69, 9.17) is 89.6 Å². The number of benzene rings is 4. The Balaban J connectivity index is 0.000000228. The van der Waals surface area contributed by atoms with Crippen molar-refractivity contribution < 1.29 is 19.8 Å². The van der Waals surface area contributed by atoms with Crippen molar-refractivity contribution in [2.24, 2.45) is 20.0 Å². The van der Waals surface area contributed by atoms with Gasteiger partial charge < -0.3 is 10.2 Å². The van der Waals surface area contributed by atoms with Crippen LogP contribution < -0.4 is 0 Å². The number of halogens is 6. The molecule has 436 valence electrons. The molecule has 14 heteroatoms. The fourth-order valence-corrected chi connectivity index (χ4v) is 11.5. The summed E-state index contributed by atoms with van der Waals surface area (Å²) >= 11 is 28.6. The van der Waals surface area contributed by atoms with Crippen LogP contribution in [0.5, 0.6) is 0 Å². The molecule has 6 aliphatic rings. The van der Waals surface area contributed by atoms with Gasteiger partial charge in [0.05, 0.1) is 38.8 Å². The summed E-state index contributed by atoms with van der Waals surface area (Å²) in [5, 5.41) is 25.3. The van der Waals surface area contributed by atoms with Gasteiger partial charge in [0, 0.05) is 21.7 Å². The molecule has 81 heavy (non-hydrogen) atoms. The van der Waals surface area contributed by atoms with Crippen LogP contribution >= 0.6 is 69.6 Å². The van der Waals surface area contributed by atoms with Crippen LogP contribution in [0.25, 0.3) is 0 Å². The quantitative estimate of drug-likeness (QED) is 0.170. The number of Topliss-reactive ketones (excluding diaryl/α,β-unsaturated/α-hetero) is 2. The summed E-state index contributed by atoms with van der Waals surface area (Å²) in [5.74, 6) is -0.570. The van der Waals surface area contributed by atoms with Gasteiger partial charge in [-0.15, -0.1) is 69.6 Å². The Bertz CT molecular complexity index is 3140. The zero-order valence-corrected chi connectivity index (χ0v) is 55.5. The number of hydrogen-bond donors (Lipinski definition) is 2. The summed E-state index contributed by atoms with van der Waals surface area (Å²) in [6, 6.07) is 25.1. The minimum absolute atomic E-state index is 0.0102. The average molecular weight is 1220 g/mol. The molecule has 0 saturated heterocycles. The number of nitrogens with zero attached hydrogens (tertiary/aromatic N) is 4. The Morgan fingerprint density at radius 3 is 0.840 bits per heavy atom. The van der Waals surface area contributed by atoms with Gasteiger partial charge in [0.25, 0.3) is 0 Å². The van der Waals surface area contributed by atoms with Crippen LogP contribution in [0, 0.1) is 0 Å². The van der Waals surface area contributed by atoms with Crippen molar-refractivity contribution in [3.63, 3.8) is 0 Å². The van der Waals surface area contributed by atoms with E-state index >= 15 is 0 Å². The highest BCUT2D eigenvalue weighted by Gasteiger charge is 2.60. The van der Waals surface area contributed by atoms with Crippen LogP contribution in [0.4, 0.5) is 22.7 Å². The van der Waals surface area contributed by atoms with Crippen molar-refractivity contribution in [3.8, 4) is 0 Å². The van der Waals surface area contributed by atoms with Crippen LogP contribution in [-0.4, -0.2) is 71.8 Å². The second-order valence-electron chi connectivity index (χ2n) is 27.9. The first kappa shape index (κ1) is 66.2. The molecule has 8 nitrogen and oxygen atoms in total. The molecule has 4 heterocycles. The smallest absolute Gasteiger partial charge is 0.229 e. The Morgan fingerprint density at radius 2 is 0.605 bits per heavy atom. The van der Waals surface area contributed by atoms with Gasteiger partial charge >= 0.3 is 0 Å². The number of fused-ring (bicyclic) bond motifs is 8. The topological polar surface area (TPSA) is 124 Å². The summed E-state index contributed by atoms with van der Waals surface area (Å²) < 4.78 is 0. The van der Waals surface area contributed by atoms with Gasteiger partial charge in [0.15, 0.2) is 0 Å². The van der Waals surface area contributed by atoms with Gasteiger partial charge in [-0.3, -0.25) is 9.59 Å². The number of aliphatic hydroxyl groups is 2. The highest BCUT2D eigenvalue weighted by atomic mass is 35.5. The third-order valence-corrected chi connectivity index (χ3v) is 17.1. The predicted octanol–water partition coefficient (Wildman–Crippen LogP) is 18.2. The van der Waals surface area contributed by atoms with Crippen molar-refractivity contribution in [1.29, 1.82) is 0 Å². The lowest BCUT2D eigenvalue weighted by Gasteiger charge is -2.49. The van der Waals surface area contributed by atoms with Gasteiger partial charge in [-0.2, -0.15) is 0 Å². The third kappa shape index (κ3) is 11.8. The predicted molar refractivity (Wildman–Crippen MR) is 347 cm³/mol. The monoisotopic (exact) mass is 1220 g/mol. The summed E-state index contributed by atoms with van der Waals surface area (Å²) in [4.78, 5) is 47.2. The van der Waals surface area contributed by atoms with E-state index in [-0.39, 0.29) is 60.7 Å². The minimum atomic E-state index is -1.54. The number of aliphatic imine (C=N–C) groups is 4. The molecule has 0 spiro atoms. The van der Waals surface area contributed by atoms with Gasteiger partial charge in [0.2, 0.25) is 11.6 Å². The molecule has 4 aromatic rings. The maximum atomic E-state index is 14.0. The SMILES string of the molecule is CC(C)(C)c1ccc2c(c1)C(C)(C)C1=C[C@@]3(O)C(=Nc4ccc(C(C)(C)C)cc4C3(C)C)C(=O)C1=N2.CC(C)(C)c1ccc2c(c1)C(C)(C)C1=C[C@]3(O)C(=Nc4ccc(C(C)(C)C)cc4C3(C)C)C(=O)C1=N2.ClCCl.ClCCl.ClCCl. The first-order valence-electron chi connectivity index (χ1n) is 27.4. The van der Waals surface area contributed by atoms with Crippen molar-refractivity contribution in [2.45, 2.75) is 193 Å². The normalized spacial score (nSPS) is 22.0. The molecular weight excluding hydrogens is 1140 g/mol. The van der Waals surface area contributed by atoms with Crippen molar-refractivity contribution in [1.82, 2.24) is 0 Å². The molecule has 0 saturated carbocycles. The molecule has 4 aromatic carbocycles. The van der Waals surface area contributed by atoms with E-state index in [9.17, 15) is 19.8 Å². The van der Waals surface area contributed by atoms with Gasteiger partial charge in [0.1, 0.15) is 34.0 Å². The van der Waals surface area contributed by atoms with Crippen molar-refractivity contribution >= 4 is 127 Å². The molecule has 0 aromatic heterocycles. The fourth-order valence-electron chi connectivity index (χ4n) is 11.5. The molecule has 4 aliphatic heterocycles. The molecule has 0 unspecified atom stereocenters. The lowest BCUT2D eigenvalue weighted by Crippen LogP contribution is -2.61. The van der Waals surface area contributed by atoms with Gasteiger partial charge in [-0.25, -0.2) is 20.0 Å². The molecule has 2 atom stereocenters. The summed E-state index contributed by atoms with van der Waals surface area (Å²) in [6.07, 6.45) is 3.76. The number of hydrogen-bond acceptors (Lipinski definition) is 8. The summed E-state index contributed by atoms with van der Waals surface area (Å²) in [5.41, 5.74) is 8.88. The van der Waals surface area contributed by atoms with Crippen LogP contribution in [-0.2, 0) is 52.9 Å². The first-order chi connectivity index (χ1) is 37.0. The highest BCUT2D eigenvalue weighted by molar-refractivity contribution is 6.74. The number of carbonyl (C=O) groups is 2. The van der Waals surface area contributed by atoms with Crippen molar-refractivity contribution in [3.05, 3.63) is 141 Å². The highest BCUT2D eigenvalue weighted by Crippen LogP contribution is 2.55. The van der Waals surface area contributed by atoms with Gasteiger partial charge in [-0.1, -0.05) is 187 Å². The van der Waals surface area contributed by atoms with E-state index in [0.29, 0.717) is 11.4 Å². The van der Waals surface area contributed by atoms with Crippen LogP contribution in [0.15, 0.2) is 116 Å². The standard InChI is InChI=1S/2C32H38N2O2.3CH2Cl2/c2*1-28(2,3)18-11-13-23-20(15-18)30(7,8)22-17-32(36)27(26(35)25(22)33-23)34-24-14-12-19(29(4,5)6)16-21(24)31(32,9)10;3*2-1-3/h2*11-17,36H,1-10H3;3*1H2/t2*32-;;;/m10.../s1. The summed E-state index contributed by atoms with van der Waals surface area (Å²) in [7, 11) is 0. The van der Waals surface area contributed by atoms with E-state index < -0.39 is 32.9 Å². The van der Waals surface area contributed by atoms with E-state index in [0.717, 1.165) is 56.1 Å². The van der Waals surface area contributed by atoms with E-state index in [1.165, 1.54) is 22.3 Å². The van der Waals surface area contributed by atoms with E-state index in [2.05, 4.69) is 159 Å². The lowest BCUT2D eigenvalue weighted by atomic mass is 9.58. The first-order valence-corrected chi connectivity index (χ1v) is 30.6. The Labute approximate surface area is 512 Å². The second kappa shape index (κ2) is 22.8.